The Morgan fingerprint density at radius 1 is 1.25 bits per heavy atom. The summed E-state index contributed by atoms with van der Waals surface area (Å²) < 4.78 is 43.8. The molecule has 16 heavy (non-hydrogen) atoms. The van der Waals surface area contributed by atoms with E-state index in [-0.39, 0.29) is 18.6 Å². The standard InChI is InChI=1S/C10H19F3O2Si/c1-8(14)6-7-9(2,10(11,12)13)15-16(3,4)5/h6-7H2,1-5H3. The Labute approximate surface area is 95.3 Å². The number of rotatable bonds is 5. The molecule has 0 amide bonds. The quantitative estimate of drug-likeness (QED) is 0.703. The van der Waals surface area contributed by atoms with E-state index in [9.17, 15) is 18.0 Å². The van der Waals surface area contributed by atoms with Gasteiger partial charge in [0.1, 0.15) is 11.4 Å². The molecular formula is C10H19F3O2Si. The van der Waals surface area contributed by atoms with Crippen LogP contribution < -0.4 is 0 Å². The minimum absolute atomic E-state index is 0.111. The molecular weight excluding hydrogens is 237 g/mol. The average Bonchev–Trinajstić information content (AvgIpc) is 1.95. The van der Waals surface area contributed by atoms with Gasteiger partial charge in [0.05, 0.1) is 0 Å². The lowest BCUT2D eigenvalue weighted by Crippen LogP contribution is -2.51. The summed E-state index contributed by atoms with van der Waals surface area (Å²) in [4.78, 5) is 10.8. The van der Waals surface area contributed by atoms with Gasteiger partial charge in [-0.15, -0.1) is 0 Å². The first-order valence-corrected chi connectivity index (χ1v) is 8.54. The fourth-order valence-corrected chi connectivity index (χ4v) is 2.91. The highest BCUT2D eigenvalue weighted by atomic mass is 28.4. The number of halogens is 3. The Bertz CT molecular complexity index is 258. The van der Waals surface area contributed by atoms with Crippen molar-refractivity contribution in [2.45, 2.75) is 58.1 Å². The zero-order valence-corrected chi connectivity index (χ0v) is 11.4. The summed E-state index contributed by atoms with van der Waals surface area (Å²) in [7, 11) is -2.31. The largest absolute Gasteiger partial charge is 0.416 e. The van der Waals surface area contributed by atoms with Crippen molar-refractivity contribution < 1.29 is 22.4 Å². The lowest BCUT2D eigenvalue weighted by atomic mass is 9.98. The molecule has 0 radical (unpaired) electrons. The van der Waals surface area contributed by atoms with E-state index >= 15 is 0 Å². The summed E-state index contributed by atoms with van der Waals surface area (Å²) in [5.74, 6) is -0.255. The molecule has 1 atom stereocenters. The number of hydrogen-bond acceptors (Lipinski definition) is 2. The van der Waals surface area contributed by atoms with Crippen LogP contribution in [-0.4, -0.2) is 25.9 Å². The molecule has 6 heteroatoms. The van der Waals surface area contributed by atoms with Gasteiger partial charge in [0.15, 0.2) is 8.32 Å². The smallest absolute Gasteiger partial charge is 0.404 e. The second-order valence-electron chi connectivity index (χ2n) is 5.15. The molecule has 2 nitrogen and oxygen atoms in total. The van der Waals surface area contributed by atoms with E-state index in [2.05, 4.69) is 0 Å². The minimum Gasteiger partial charge on any atom is -0.404 e. The van der Waals surface area contributed by atoms with Crippen LogP contribution in [0.3, 0.4) is 0 Å². The molecule has 0 spiro atoms. The summed E-state index contributed by atoms with van der Waals surface area (Å²) >= 11 is 0. The second kappa shape index (κ2) is 4.87. The van der Waals surface area contributed by atoms with Crippen LogP contribution in [0.1, 0.15) is 26.7 Å². The van der Waals surface area contributed by atoms with Crippen LogP contribution in [-0.2, 0) is 9.22 Å². The number of hydrogen-bond donors (Lipinski definition) is 0. The maximum absolute atomic E-state index is 12.9. The van der Waals surface area contributed by atoms with Crippen molar-refractivity contribution in [2.24, 2.45) is 0 Å². The summed E-state index contributed by atoms with van der Waals surface area (Å²) in [6, 6.07) is 0. The number of carbonyl (C=O) groups excluding carboxylic acids is 1. The molecule has 0 rings (SSSR count). The van der Waals surface area contributed by atoms with Crippen molar-refractivity contribution in [2.75, 3.05) is 0 Å². The van der Waals surface area contributed by atoms with Crippen molar-refractivity contribution >= 4 is 14.1 Å². The second-order valence-corrected chi connectivity index (χ2v) is 9.57. The van der Waals surface area contributed by atoms with Gasteiger partial charge in [-0.3, -0.25) is 0 Å². The molecule has 0 aliphatic heterocycles. The Kier molecular flexibility index (Phi) is 4.76. The lowest BCUT2D eigenvalue weighted by molar-refractivity contribution is -0.247. The van der Waals surface area contributed by atoms with Crippen LogP contribution in [0.4, 0.5) is 13.2 Å². The molecule has 0 aliphatic rings. The Balaban J connectivity index is 4.83. The lowest BCUT2D eigenvalue weighted by Gasteiger charge is -2.37. The molecule has 0 aliphatic carbocycles. The Morgan fingerprint density at radius 3 is 1.94 bits per heavy atom. The molecule has 96 valence electrons. The molecule has 0 aromatic heterocycles. The topological polar surface area (TPSA) is 26.3 Å². The van der Waals surface area contributed by atoms with E-state index in [0.717, 1.165) is 6.92 Å². The van der Waals surface area contributed by atoms with Gasteiger partial charge in [0, 0.05) is 6.42 Å². The number of carbonyl (C=O) groups is 1. The van der Waals surface area contributed by atoms with Gasteiger partial charge in [-0.05, 0) is 39.9 Å². The van der Waals surface area contributed by atoms with Crippen LogP contribution in [0, 0.1) is 0 Å². The number of alkyl halides is 3. The first-order valence-electron chi connectivity index (χ1n) is 5.14. The van der Waals surface area contributed by atoms with Crippen LogP contribution in [0.25, 0.3) is 0 Å². The first-order chi connectivity index (χ1) is 6.87. The van der Waals surface area contributed by atoms with Gasteiger partial charge in [0.25, 0.3) is 0 Å². The van der Waals surface area contributed by atoms with Crippen molar-refractivity contribution in [1.82, 2.24) is 0 Å². The highest BCUT2D eigenvalue weighted by Gasteiger charge is 2.53. The molecule has 0 heterocycles. The van der Waals surface area contributed by atoms with Gasteiger partial charge in [-0.25, -0.2) is 0 Å². The van der Waals surface area contributed by atoms with Crippen molar-refractivity contribution in [1.29, 1.82) is 0 Å². The predicted molar refractivity (Wildman–Crippen MR) is 58.8 cm³/mol. The maximum Gasteiger partial charge on any atom is 0.416 e. The van der Waals surface area contributed by atoms with Gasteiger partial charge in [-0.2, -0.15) is 13.2 Å². The monoisotopic (exact) mass is 256 g/mol. The maximum atomic E-state index is 12.9. The molecule has 0 bridgehead atoms. The third-order valence-electron chi connectivity index (χ3n) is 2.09. The summed E-state index contributed by atoms with van der Waals surface area (Å²) in [5, 5.41) is 0. The molecule has 0 saturated carbocycles. The highest BCUT2D eigenvalue weighted by Crippen LogP contribution is 2.39. The fraction of sp³-hybridized carbons (Fsp3) is 0.900. The third kappa shape index (κ3) is 5.11. The number of ketones is 1. The predicted octanol–water partition coefficient (Wildman–Crippen LogP) is 3.53. The van der Waals surface area contributed by atoms with E-state index in [0.29, 0.717) is 0 Å². The molecule has 0 saturated heterocycles. The summed E-state index contributed by atoms with van der Waals surface area (Å²) in [6.45, 7) is 7.40. The zero-order chi connectivity index (χ0) is 13.2. The van der Waals surface area contributed by atoms with E-state index in [1.165, 1.54) is 6.92 Å². The van der Waals surface area contributed by atoms with Crippen LogP contribution >= 0.6 is 0 Å². The van der Waals surface area contributed by atoms with Crippen LogP contribution in [0.5, 0.6) is 0 Å². The van der Waals surface area contributed by atoms with Crippen LogP contribution in [0.15, 0.2) is 0 Å². The highest BCUT2D eigenvalue weighted by molar-refractivity contribution is 6.69. The minimum atomic E-state index is -4.44. The molecule has 0 aromatic rings. The third-order valence-corrected chi connectivity index (χ3v) is 3.15. The first kappa shape index (κ1) is 15.6. The van der Waals surface area contributed by atoms with Gasteiger partial charge in [-0.1, -0.05) is 0 Å². The molecule has 1 unspecified atom stereocenters. The number of Topliss-reactive ketones (excluding diaryl/α,β-unsaturated/α-hetero) is 1. The summed E-state index contributed by atoms with van der Waals surface area (Å²) in [6.07, 6.45) is -4.86. The van der Waals surface area contributed by atoms with Gasteiger partial charge >= 0.3 is 6.18 Å². The fourth-order valence-electron chi connectivity index (χ4n) is 1.34. The van der Waals surface area contributed by atoms with Gasteiger partial charge < -0.3 is 9.22 Å². The van der Waals surface area contributed by atoms with E-state index in [4.69, 9.17) is 4.43 Å². The zero-order valence-electron chi connectivity index (χ0n) is 10.4. The van der Waals surface area contributed by atoms with E-state index in [1.807, 2.05) is 0 Å². The average molecular weight is 256 g/mol. The van der Waals surface area contributed by atoms with E-state index in [1.54, 1.807) is 19.6 Å². The SMILES string of the molecule is CC(=O)CCC(C)(O[Si](C)(C)C)C(F)(F)F. The van der Waals surface area contributed by atoms with Crippen molar-refractivity contribution in [3.63, 3.8) is 0 Å². The van der Waals surface area contributed by atoms with Crippen LogP contribution in [0.2, 0.25) is 19.6 Å². The molecule has 0 fully saturated rings. The van der Waals surface area contributed by atoms with Crippen molar-refractivity contribution in [3.8, 4) is 0 Å². The summed E-state index contributed by atoms with van der Waals surface area (Å²) in [5.41, 5.74) is -2.21. The molecule has 0 aromatic carbocycles. The van der Waals surface area contributed by atoms with Gasteiger partial charge in [0.2, 0.25) is 0 Å². The van der Waals surface area contributed by atoms with Crippen molar-refractivity contribution in [3.05, 3.63) is 0 Å². The Hall–Kier alpha value is -0.363. The van der Waals surface area contributed by atoms with E-state index < -0.39 is 20.1 Å². The Morgan fingerprint density at radius 2 is 1.69 bits per heavy atom. The normalized spacial score (nSPS) is 17.0. The molecule has 0 N–H and O–H groups in total.